The van der Waals surface area contributed by atoms with E-state index in [0.717, 1.165) is 66.3 Å². The molecule has 4 aromatic rings. The Hall–Kier alpha value is -3.35. The fourth-order valence-corrected chi connectivity index (χ4v) is 4.48. The maximum Gasteiger partial charge on any atom is 0.340 e. The summed E-state index contributed by atoms with van der Waals surface area (Å²) in [6, 6.07) is 3.88. The van der Waals surface area contributed by atoms with E-state index < -0.39 is 5.63 Å². The zero-order valence-electron chi connectivity index (χ0n) is 17.6. The molecule has 0 radical (unpaired) electrons. The van der Waals surface area contributed by atoms with Crippen molar-refractivity contribution in [3.05, 3.63) is 63.7 Å². The van der Waals surface area contributed by atoms with Crippen LogP contribution in [0.4, 0.5) is 0 Å². The zero-order chi connectivity index (χ0) is 21.4. The molecule has 1 aliphatic carbocycles. The normalized spacial score (nSPS) is 13.6. The molecule has 7 heteroatoms. The first kappa shape index (κ1) is 19.6. The first-order valence-electron chi connectivity index (χ1n) is 10.8. The minimum atomic E-state index is -0.464. The number of benzene rings is 1. The molecule has 160 valence electrons. The van der Waals surface area contributed by atoms with Crippen molar-refractivity contribution in [2.24, 2.45) is 0 Å². The third-order valence-corrected chi connectivity index (χ3v) is 6.17. The summed E-state index contributed by atoms with van der Waals surface area (Å²) in [6.07, 6.45) is 10.4. The van der Waals surface area contributed by atoms with E-state index in [0.29, 0.717) is 17.7 Å². The second-order valence-electron chi connectivity index (χ2n) is 8.23. The minimum Gasteiger partial charge on any atom is -0.461 e. The molecule has 0 aliphatic heterocycles. The van der Waals surface area contributed by atoms with Crippen LogP contribution >= 0.6 is 0 Å². The first-order valence-corrected chi connectivity index (χ1v) is 10.8. The largest absolute Gasteiger partial charge is 0.461 e. The first-order chi connectivity index (χ1) is 15.1. The van der Waals surface area contributed by atoms with Crippen molar-refractivity contribution >= 4 is 27.8 Å². The molecule has 7 nitrogen and oxygen atoms in total. The Kier molecular flexibility index (Phi) is 5.10. The van der Waals surface area contributed by atoms with E-state index in [1.54, 1.807) is 12.5 Å². The summed E-state index contributed by atoms with van der Waals surface area (Å²) in [5.41, 5.74) is 3.29. The van der Waals surface area contributed by atoms with E-state index in [2.05, 4.69) is 16.4 Å². The molecule has 1 aliphatic rings. The number of nitrogens with zero attached hydrogens (tertiary/aromatic N) is 2. The number of fused-ring (bicyclic) bond motifs is 4. The van der Waals surface area contributed by atoms with Gasteiger partial charge in [0.2, 0.25) is 5.91 Å². The lowest BCUT2D eigenvalue weighted by Gasteiger charge is -2.10. The second-order valence-corrected chi connectivity index (χ2v) is 8.23. The summed E-state index contributed by atoms with van der Waals surface area (Å²) >= 11 is 0. The van der Waals surface area contributed by atoms with Crippen molar-refractivity contribution in [2.45, 2.75) is 52.0 Å². The Morgan fingerprint density at radius 2 is 2.00 bits per heavy atom. The Bertz CT molecular complexity index is 1310. The maximum atomic E-state index is 12.6. The Morgan fingerprint density at radius 1 is 1.16 bits per heavy atom. The number of imidazole rings is 1. The van der Waals surface area contributed by atoms with E-state index in [1.807, 2.05) is 23.8 Å². The van der Waals surface area contributed by atoms with Crippen LogP contribution < -0.4 is 10.9 Å². The monoisotopic (exact) mass is 419 g/mol. The number of hydrogen-bond donors (Lipinski definition) is 1. The molecule has 0 saturated carbocycles. The lowest BCUT2D eigenvalue weighted by Crippen LogP contribution is -2.29. The number of aromatic nitrogens is 2. The molecule has 3 heterocycles. The number of nitrogens with one attached hydrogen (secondary N) is 1. The molecule has 1 amide bonds. The third-order valence-electron chi connectivity index (χ3n) is 6.17. The van der Waals surface area contributed by atoms with Gasteiger partial charge in [0, 0.05) is 54.3 Å². The quantitative estimate of drug-likeness (QED) is 0.380. The van der Waals surface area contributed by atoms with Gasteiger partial charge in [-0.05, 0) is 44.2 Å². The van der Waals surface area contributed by atoms with Gasteiger partial charge in [0.05, 0.1) is 18.3 Å². The van der Waals surface area contributed by atoms with Crippen LogP contribution in [-0.4, -0.2) is 22.0 Å². The fraction of sp³-hybridized carbons (Fsp3) is 0.375. The molecule has 0 bridgehead atoms. The van der Waals surface area contributed by atoms with Crippen LogP contribution in [0.1, 0.15) is 41.7 Å². The molecule has 5 rings (SSSR count). The third kappa shape index (κ3) is 3.76. The SMILES string of the molecule is Cc1c(CC(=O)NCCCn2ccnc2)c(=O)oc2cc3oc4c(c3cc12)CCCC4. The van der Waals surface area contributed by atoms with Crippen molar-refractivity contribution < 1.29 is 13.6 Å². The summed E-state index contributed by atoms with van der Waals surface area (Å²) in [6.45, 7) is 3.21. The average molecular weight is 419 g/mol. The van der Waals surface area contributed by atoms with Crippen LogP contribution in [0, 0.1) is 6.92 Å². The molecule has 0 atom stereocenters. The summed E-state index contributed by atoms with van der Waals surface area (Å²) in [5, 5.41) is 4.85. The Balaban J connectivity index is 1.37. The topological polar surface area (TPSA) is 90.3 Å². The van der Waals surface area contributed by atoms with Crippen molar-refractivity contribution in [2.75, 3.05) is 6.54 Å². The molecule has 31 heavy (non-hydrogen) atoms. The number of furan rings is 1. The van der Waals surface area contributed by atoms with Gasteiger partial charge in [0.1, 0.15) is 16.9 Å². The van der Waals surface area contributed by atoms with Crippen LogP contribution in [-0.2, 0) is 30.6 Å². The van der Waals surface area contributed by atoms with Crippen molar-refractivity contribution in [1.29, 1.82) is 0 Å². The van der Waals surface area contributed by atoms with E-state index in [9.17, 15) is 9.59 Å². The summed E-state index contributed by atoms with van der Waals surface area (Å²) in [7, 11) is 0. The lowest BCUT2D eigenvalue weighted by atomic mass is 9.94. The summed E-state index contributed by atoms with van der Waals surface area (Å²) < 4.78 is 13.6. The van der Waals surface area contributed by atoms with Gasteiger partial charge < -0.3 is 18.7 Å². The number of carbonyl (C=O) groups is 1. The summed E-state index contributed by atoms with van der Waals surface area (Å²) in [4.78, 5) is 29.1. The van der Waals surface area contributed by atoms with E-state index >= 15 is 0 Å². The van der Waals surface area contributed by atoms with E-state index in [1.165, 1.54) is 5.56 Å². The zero-order valence-corrected chi connectivity index (χ0v) is 17.6. The Labute approximate surface area is 179 Å². The highest BCUT2D eigenvalue weighted by Crippen LogP contribution is 2.35. The molecule has 0 saturated heterocycles. The fourth-order valence-electron chi connectivity index (χ4n) is 4.48. The van der Waals surface area contributed by atoms with Crippen molar-refractivity contribution in [3.8, 4) is 0 Å². The molecule has 3 aromatic heterocycles. The molecule has 1 N–H and O–H groups in total. The second kappa shape index (κ2) is 8.06. The lowest BCUT2D eigenvalue weighted by molar-refractivity contribution is -0.120. The molecule has 0 unspecified atom stereocenters. The van der Waals surface area contributed by atoms with Gasteiger partial charge in [-0.25, -0.2) is 9.78 Å². The number of aryl methyl sites for hydroxylation is 4. The molecular weight excluding hydrogens is 394 g/mol. The van der Waals surface area contributed by atoms with Crippen molar-refractivity contribution in [1.82, 2.24) is 14.9 Å². The van der Waals surface area contributed by atoms with Gasteiger partial charge in [-0.15, -0.1) is 0 Å². The Morgan fingerprint density at radius 3 is 2.84 bits per heavy atom. The standard InChI is InChI=1S/C24H25N3O4/c1-15-17-11-19-16-5-2-3-6-20(16)30-22(19)13-21(17)31-24(29)18(15)12-23(28)26-7-4-9-27-10-8-25-14-27/h8,10-11,13-14H,2-7,9,12H2,1H3,(H,26,28). The molecule has 0 fully saturated rings. The number of amides is 1. The van der Waals surface area contributed by atoms with Crippen molar-refractivity contribution in [3.63, 3.8) is 0 Å². The van der Waals surface area contributed by atoms with Crippen LogP contribution in [0.25, 0.3) is 21.9 Å². The van der Waals surface area contributed by atoms with Gasteiger partial charge in [-0.2, -0.15) is 0 Å². The molecule has 1 aromatic carbocycles. The number of hydrogen-bond acceptors (Lipinski definition) is 5. The molecular formula is C24H25N3O4. The highest BCUT2D eigenvalue weighted by atomic mass is 16.4. The number of rotatable bonds is 6. The highest BCUT2D eigenvalue weighted by molar-refractivity contribution is 5.97. The predicted molar refractivity (Wildman–Crippen MR) is 117 cm³/mol. The van der Waals surface area contributed by atoms with Gasteiger partial charge in [-0.1, -0.05) is 0 Å². The average Bonchev–Trinajstić information content (AvgIpc) is 3.40. The van der Waals surface area contributed by atoms with E-state index in [4.69, 9.17) is 8.83 Å². The molecule has 0 spiro atoms. The number of carbonyl (C=O) groups excluding carboxylic acids is 1. The van der Waals surface area contributed by atoms with Gasteiger partial charge in [0.25, 0.3) is 0 Å². The summed E-state index contributed by atoms with van der Waals surface area (Å²) in [5.74, 6) is 0.869. The van der Waals surface area contributed by atoms with Gasteiger partial charge >= 0.3 is 5.63 Å². The van der Waals surface area contributed by atoms with E-state index in [-0.39, 0.29) is 12.3 Å². The van der Waals surface area contributed by atoms with Crippen LogP contribution in [0.2, 0.25) is 0 Å². The minimum absolute atomic E-state index is 0.0106. The van der Waals surface area contributed by atoms with Gasteiger partial charge in [0.15, 0.2) is 0 Å². The van der Waals surface area contributed by atoms with Crippen LogP contribution in [0.5, 0.6) is 0 Å². The smallest absolute Gasteiger partial charge is 0.340 e. The maximum absolute atomic E-state index is 12.6. The highest BCUT2D eigenvalue weighted by Gasteiger charge is 2.21. The predicted octanol–water partition coefficient (Wildman–Crippen LogP) is 3.67. The van der Waals surface area contributed by atoms with Gasteiger partial charge in [-0.3, -0.25) is 4.79 Å². The van der Waals surface area contributed by atoms with Crippen LogP contribution in [0.15, 0.2) is 44.5 Å². The van der Waals surface area contributed by atoms with Crippen LogP contribution in [0.3, 0.4) is 0 Å².